The van der Waals surface area contributed by atoms with E-state index in [0.717, 1.165) is 11.1 Å². The van der Waals surface area contributed by atoms with Gasteiger partial charge in [-0.2, -0.15) is 0 Å². The van der Waals surface area contributed by atoms with E-state index in [-0.39, 0.29) is 0 Å². The van der Waals surface area contributed by atoms with Gasteiger partial charge >= 0.3 is 0 Å². The molecule has 1 rings (SSSR count). The molecule has 1 aromatic rings. The summed E-state index contributed by atoms with van der Waals surface area (Å²) in [6, 6.07) is 7.62. The highest BCUT2D eigenvalue weighted by Gasteiger charge is 2.03. The fourth-order valence-electron chi connectivity index (χ4n) is 1.27. The van der Waals surface area contributed by atoms with Crippen molar-refractivity contribution in [3.05, 3.63) is 35.4 Å². The second-order valence-electron chi connectivity index (χ2n) is 3.11. The maximum Gasteiger partial charge on any atom is 0.112 e. The van der Waals surface area contributed by atoms with Crippen LogP contribution in [0.25, 0.3) is 0 Å². The van der Waals surface area contributed by atoms with Crippen LogP contribution in [0.1, 0.15) is 11.1 Å². The van der Waals surface area contributed by atoms with Crippen LogP contribution in [0, 0.1) is 0 Å². The molecule has 0 saturated heterocycles. The smallest absolute Gasteiger partial charge is 0.112 e. The van der Waals surface area contributed by atoms with Gasteiger partial charge in [-0.3, -0.25) is 0 Å². The zero-order valence-electron chi connectivity index (χ0n) is 8.93. The highest BCUT2D eigenvalue weighted by Crippen LogP contribution is 2.07. The van der Waals surface area contributed by atoms with Crippen LogP contribution in [0.15, 0.2) is 29.4 Å². The van der Waals surface area contributed by atoms with E-state index in [4.69, 9.17) is 14.7 Å². The van der Waals surface area contributed by atoms with Crippen LogP contribution in [0.2, 0.25) is 0 Å². The maximum atomic E-state index is 8.77. The molecule has 82 valence electrons. The molecule has 4 heteroatoms. The second-order valence-corrected chi connectivity index (χ2v) is 3.11. The van der Waals surface area contributed by atoms with Gasteiger partial charge in [0, 0.05) is 19.8 Å². The van der Waals surface area contributed by atoms with Gasteiger partial charge in [-0.05, 0) is 5.56 Å². The summed E-state index contributed by atoms with van der Waals surface area (Å²) in [5, 5.41) is 12.0. The molecule has 0 atom stereocenters. The Bertz CT molecular complexity index is 319. The zero-order valence-corrected chi connectivity index (χ0v) is 8.93. The maximum absolute atomic E-state index is 8.77. The molecule has 0 aliphatic rings. The molecule has 0 aromatic heterocycles. The van der Waals surface area contributed by atoms with Crippen molar-refractivity contribution in [2.45, 2.75) is 6.61 Å². The molecule has 0 unspecified atom stereocenters. The molecule has 0 spiro atoms. The van der Waals surface area contributed by atoms with Crippen molar-refractivity contribution in [3.63, 3.8) is 0 Å². The first-order valence-electron chi connectivity index (χ1n) is 4.60. The summed E-state index contributed by atoms with van der Waals surface area (Å²) in [4.78, 5) is 0. The van der Waals surface area contributed by atoms with E-state index in [1.165, 1.54) is 0 Å². The molecular formula is C11H15NO3. The summed E-state index contributed by atoms with van der Waals surface area (Å²) < 4.78 is 9.91. The van der Waals surface area contributed by atoms with E-state index in [1.807, 2.05) is 24.3 Å². The number of methoxy groups -OCH3 is 2. The number of hydrogen-bond acceptors (Lipinski definition) is 4. The van der Waals surface area contributed by atoms with Gasteiger partial charge in [0.25, 0.3) is 0 Å². The van der Waals surface area contributed by atoms with Crippen molar-refractivity contribution in [2.24, 2.45) is 5.16 Å². The highest BCUT2D eigenvalue weighted by atomic mass is 16.5. The van der Waals surface area contributed by atoms with Gasteiger partial charge in [-0.1, -0.05) is 29.4 Å². The van der Waals surface area contributed by atoms with Gasteiger partial charge in [0.15, 0.2) is 0 Å². The van der Waals surface area contributed by atoms with Crippen LogP contribution >= 0.6 is 0 Å². The van der Waals surface area contributed by atoms with E-state index in [2.05, 4.69) is 5.16 Å². The van der Waals surface area contributed by atoms with Crippen LogP contribution in [-0.4, -0.2) is 31.7 Å². The van der Waals surface area contributed by atoms with Gasteiger partial charge < -0.3 is 14.7 Å². The lowest BCUT2D eigenvalue weighted by Crippen LogP contribution is -2.08. The molecule has 0 aliphatic carbocycles. The van der Waals surface area contributed by atoms with Crippen LogP contribution < -0.4 is 0 Å². The minimum absolute atomic E-state index is 0.292. The monoisotopic (exact) mass is 209 g/mol. The fourth-order valence-corrected chi connectivity index (χ4v) is 1.27. The summed E-state index contributed by atoms with van der Waals surface area (Å²) >= 11 is 0. The summed E-state index contributed by atoms with van der Waals surface area (Å²) in [6.07, 6.45) is 0. The van der Waals surface area contributed by atoms with Crippen molar-refractivity contribution in [1.29, 1.82) is 0 Å². The largest absolute Gasteiger partial charge is 0.411 e. The zero-order chi connectivity index (χ0) is 11.1. The average molecular weight is 209 g/mol. The lowest BCUT2D eigenvalue weighted by atomic mass is 10.1. The lowest BCUT2D eigenvalue weighted by Gasteiger charge is -2.04. The summed E-state index contributed by atoms with van der Waals surface area (Å²) in [5.41, 5.74) is 2.44. The predicted octanol–water partition coefficient (Wildman–Crippen LogP) is 1.66. The molecule has 1 N–H and O–H groups in total. The number of ether oxygens (including phenoxy) is 2. The van der Waals surface area contributed by atoms with Crippen molar-refractivity contribution in [2.75, 3.05) is 20.8 Å². The summed E-state index contributed by atoms with van der Waals surface area (Å²) in [6.45, 7) is 0.871. The highest BCUT2D eigenvalue weighted by molar-refractivity contribution is 6.01. The standard InChI is InChI=1S/C11H15NO3/c1-14-7-9-3-5-10(6-4-9)11(12-13)8-15-2/h3-6,13H,7-8H2,1-2H3/b12-11+. The Balaban J connectivity index is 2.78. The molecule has 4 nitrogen and oxygen atoms in total. The molecule has 0 heterocycles. The van der Waals surface area contributed by atoms with Crippen LogP contribution in [-0.2, 0) is 16.1 Å². The Morgan fingerprint density at radius 3 is 2.33 bits per heavy atom. The lowest BCUT2D eigenvalue weighted by molar-refractivity contribution is 0.185. The molecular weight excluding hydrogens is 194 g/mol. The Morgan fingerprint density at radius 1 is 1.20 bits per heavy atom. The van der Waals surface area contributed by atoms with Gasteiger partial charge in [0.05, 0.1) is 13.2 Å². The van der Waals surface area contributed by atoms with Gasteiger partial charge in [-0.15, -0.1) is 0 Å². The molecule has 15 heavy (non-hydrogen) atoms. The third-order valence-electron chi connectivity index (χ3n) is 2.00. The molecule has 0 aliphatic heterocycles. The SMILES string of the molecule is COC/C(=N\O)c1ccc(COC)cc1. The molecule has 0 amide bonds. The normalized spacial score (nSPS) is 11.7. The third-order valence-corrected chi connectivity index (χ3v) is 2.00. The van der Waals surface area contributed by atoms with Gasteiger partial charge in [0.1, 0.15) is 5.71 Å². The first kappa shape index (κ1) is 11.7. The van der Waals surface area contributed by atoms with Crippen molar-refractivity contribution >= 4 is 5.71 Å². The van der Waals surface area contributed by atoms with E-state index >= 15 is 0 Å². The average Bonchev–Trinajstić information content (AvgIpc) is 2.28. The van der Waals surface area contributed by atoms with Crippen LogP contribution in [0.3, 0.4) is 0 Å². The molecule has 1 aromatic carbocycles. The van der Waals surface area contributed by atoms with Gasteiger partial charge in [-0.25, -0.2) is 0 Å². The number of benzene rings is 1. The number of nitrogens with zero attached hydrogens (tertiary/aromatic N) is 1. The Kier molecular flexibility index (Phi) is 4.80. The van der Waals surface area contributed by atoms with Gasteiger partial charge in [0.2, 0.25) is 0 Å². The van der Waals surface area contributed by atoms with Crippen LogP contribution in [0.5, 0.6) is 0 Å². The first-order chi connectivity index (χ1) is 7.31. The van der Waals surface area contributed by atoms with E-state index in [1.54, 1.807) is 14.2 Å². The summed E-state index contributed by atoms with van der Waals surface area (Å²) in [5.74, 6) is 0. The molecule has 0 saturated carbocycles. The molecule has 0 fully saturated rings. The number of rotatable bonds is 5. The van der Waals surface area contributed by atoms with E-state index in [9.17, 15) is 0 Å². The predicted molar refractivity (Wildman–Crippen MR) is 57.4 cm³/mol. The summed E-state index contributed by atoms with van der Waals surface area (Å²) in [7, 11) is 3.21. The minimum atomic E-state index is 0.292. The van der Waals surface area contributed by atoms with Crippen molar-refractivity contribution in [1.82, 2.24) is 0 Å². The van der Waals surface area contributed by atoms with E-state index < -0.39 is 0 Å². The minimum Gasteiger partial charge on any atom is -0.411 e. The first-order valence-corrected chi connectivity index (χ1v) is 4.60. The quantitative estimate of drug-likeness (QED) is 0.456. The topological polar surface area (TPSA) is 51.0 Å². The van der Waals surface area contributed by atoms with Crippen molar-refractivity contribution < 1.29 is 14.7 Å². The fraction of sp³-hybridized carbons (Fsp3) is 0.364. The van der Waals surface area contributed by atoms with E-state index in [0.29, 0.717) is 18.9 Å². The number of oxime groups is 1. The van der Waals surface area contributed by atoms with Crippen molar-refractivity contribution in [3.8, 4) is 0 Å². The van der Waals surface area contributed by atoms with Crippen LogP contribution in [0.4, 0.5) is 0 Å². The Labute approximate surface area is 89.1 Å². The second kappa shape index (κ2) is 6.16. The Hall–Kier alpha value is -1.39. The number of hydrogen-bond donors (Lipinski definition) is 1. The molecule has 0 radical (unpaired) electrons. The Morgan fingerprint density at radius 2 is 1.87 bits per heavy atom. The molecule has 0 bridgehead atoms. The third kappa shape index (κ3) is 3.34.